The lowest BCUT2D eigenvalue weighted by Gasteiger charge is -2.04. The number of anilines is 2. The number of carboxylic acid groups (broad SMARTS) is 1. The van der Waals surface area contributed by atoms with Crippen molar-refractivity contribution in [2.24, 2.45) is 0 Å². The van der Waals surface area contributed by atoms with Gasteiger partial charge in [0.05, 0.1) is 16.9 Å². The van der Waals surface area contributed by atoms with Crippen LogP contribution < -0.4 is 11.5 Å². The number of carboxylic acids is 1. The van der Waals surface area contributed by atoms with Crippen molar-refractivity contribution in [3.63, 3.8) is 0 Å². The number of rotatable bonds is 1. The summed E-state index contributed by atoms with van der Waals surface area (Å²) >= 11 is 3.12. The Hall–Kier alpha value is -0.650. The molecule has 80 valence electrons. The van der Waals surface area contributed by atoms with E-state index in [1.54, 1.807) is 6.07 Å². The minimum absolute atomic E-state index is 0. The molecule has 0 aliphatic heterocycles. The molecule has 1 aromatic carbocycles. The molecular weight excluding hydrogens is 295 g/mol. The number of nitrogens with two attached hydrogens (primary N) is 2. The maximum absolute atomic E-state index is 10.6. The summed E-state index contributed by atoms with van der Waals surface area (Å²) in [6.07, 6.45) is 0. The minimum atomic E-state index is -1.08. The SMILES string of the molecule is Cl.Cl.Nc1cc(Br)cc(C(=O)O)c1N. The summed E-state index contributed by atoms with van der Waals surface area (Å²) in [5.74, 6) is -1.08. The van der Waals surface area contributed by atoms with E-state index in [1.165, 1.54) is 6.07 Å². The lowest BCUT2D eigenvalue weighted by molar-refractivity contribution is 0.0698. The molecule has 0 amide bonds. The number of hydrogen-bond donors (Lipinski definition) is 3. The Kier molecular flexibility index (Phi) is 6.72. The summed E-state index contributed by atoms with van der Waals surface area (Å²) in [5, 5.41) is 8.66. The Bertz CT molecular complexity index is 347. The molecule has 4 nitrogen and oxygen atoms in total. The van der Waals surface area contributed by atoms with Crippen LogP contribution in [-0.4, -0.2) is 11.1 Å². The second-order valence-electron chi connectivity index (χ2n) is 2.26. The molecule has 0 aliphatic carbocycles. The molecular formula is C7H9BrCl2N2O2. The third-order valence-corrected chi connectivity index (χ3v) is 1.87. The summed E-state index contributed by atoms with van der Waals surface area (Å²) in [4.78, 5) is 10.6. The monoisotopic (exact) mass is 302 g/mol. The first-order chi connectivity index (χ1) is 5.52. The molecule has 0 unspecified atom stereocenters. The summed E-state index contributed by atoms with van der Waals surface area (Å²) in [5.41, 5.74) is 11.3. The first kappa shape index (κ1) is 15.8. The van der Waals surface area contributed by atoms with Gasteiger partial charge in [-0.05, 0) is 12.1 Å². The molecule has 1 aromatic rings. The zero-order valence-corrected chi connectivity index (χ0v) is 10.1. The quantitative estimate of drug-likeness (QED) is 0.694. The van der Waals surface area contributed by atoms with Gasteiger partial charge in [-0.1, -0.05) is 15.9 Å². The molecule has 0 aromatic heterocycles. The van der Waals surface area contributed by atoms with Crippen LogP contribution in [0.1, 0.15) is 10.4 Å². The van der Waals surface area contributed by atoms with Gasteiger partial charge in [-0.25, -0.2) is 4.79 Å². The van der Waals surface area contributed by atoms with Gasteiger partial charge in [-0.2, -0.15) is 0 Å². The number of nitrogen functional groups attached to an aromatic ring is 2. The molecule has 0 saturated heterocycles. The number of benzene rings is 1. The standard InChI is InChI=1S/C7H7BrN2O2.2ClH/c8-3-1-4(7(11)12)6(10)5(9)2-3;;/h1-2H,9-10H2,(H,11,12);2*1H. The first-order valence-corrected chi connectivity index (χ1v) is 3.89. The molecule has 0 bridgehead atoms. The van der Waals surface area contributed by atoms with Crippen molar-refractivity contribution in [1.82, 2.24) is 0 Å². The molecule has 0 aliphatic rings. The van der Waals surface area contributed by atoms with Gasteiger partial charge in [0.15, 0.2) is 0 Å². The van der Waals surface area contributed by atoms with Crippen molar-refractivity contribution in [3.05, 3.63) is 22.2 Å². The van der Waals surface area contributed by atoms with E-state index in [2.05, 4.69) is 15.9 Å². The maximum atomic E-state index is 10.6. The van der Waals surface area contributed by atoms with Crippen LogP contribution in [0.15, 0.2) is 16.6 Å². The number of carbonyl (C=O) groups is 1. The topological polar surface area (TPSA) is 89.3 Å². The Balaban J connectivity index is 0. The molecule has 0 radical (unpaired) electrons. The van der Waals surface area contributed by atoms with Gasteiger partial charge >= 0.3 is 5.97 Å². The van der Waals surface area contributed by atoms with Gasteiger partial charge in [-0.3, -0.25) is 0 Å². The van der Waals surface area contributed by atoms with Gasteiger partial charge < -0.3 is 16.6 Å². The van der Waals surface area contributed by atoms with E-state index in [0.717, 1.165) is 0 Å². The molecule has 14 heavy (non-hydrogen) atoms. The van der Waals surface area contributed by atoms with E-state index < -0.39 is 5.97 Å². The van der Waals surface area contributed by atoms with Crippen molar-refractivity contribution in [2.45, 2.75) is 0 Å². The summed E-state index contributed by atoms with van der Waals surface area (Å²) in [7, 11) is 0. The zero-order valence-electron chi connectivity index (χ0n) is 6.86. The van der Waals surface area contributed by atoms with Crippen molar-refractivity contribution in [3.8, 4) is 0 Å². The normalized spacial score (nSPS) is 8.36. The fraction of sp³-hybridized carbons (Fsp3) is 0. The number of aromatic carboxylic acids is 1. The second kappa shape index (κ2) is 5.95. The molecule has 5 N–H and O–H groups in total. The Morgan fingerprint density at radius 1 is 1.29 bits per heavy atom. The van der Waals surface area contributed by atoms with Gasteiger partial charge in [0.25, 0.3) is 0 Å². The van der Waals surface area contributed by atoms with Crippen LogP contribution >= 0.6 is 40.7 Å². The second-order valence-corrected chi connectivity index (χ2v) is 3.18. The molecule has 0 saturated carbocycles. The zero-order chi connectivity index (χ0) is 9.30. The van der Waals surface area contributed by atoms with Crippen molar-refractivity contribution >= 4 is 58.1 Å². The molecule has 0 spiro atoms. The van der Waals surface area contributed by atoms with Gasteiger partial charge in [0, 0.05) is 4.47 Å². The predicted molar refractivity (Wildman–Crippen MR) is 64.4 cm³/mol. The molecule has 0 heterocycles. The van der Waals surface area contributed by atoms with Crippen molar-refractivity contribution in [2.75, 3.05) is 11.5 Å². The maximum Gasteiger partial charge on any atom is 0.337 e. The average Bonchev–Trinajstić information content (AvgIpc) is 1.96. The van der Waals surface area contributed by atoms with E-state index in [1.807, 2.05) is 0 Å². The van der Waals surface area contributed by atoms with Crippen LogP contribution in [0.4, 0.5) is 11.4 Å². The lowest BCUT2D eigenvalue weighted by Crippen LogP contribution is -2.05. The number of hydrogen-bond acceptors (Lipinski definition) is 3. The Morgan fingerprint density at radius 2 is 1.79 bits per heavy atom. The summed E-state index contributed by atoms with van der Waals surface area (Å²) < 4.78 is 0.603. The van der Waals surface area contributed by atoms with E-state index in [4.69, 9.17) is 16.6 Å². The lowest BCUT2D eigenvalue weighted by atomic mass is 10.1. The van der Waals surface area contributed by atoms with Crippen LogP contribution in [0.2, 0.25) is 0 Å². The first-order valence-electron chi connectivity index (χ1n) is 3.10. The van der Waals surface area contributed by atoms with E-state index in [0.29, 0.717) is 4.47 Å². The summed E-state index contributed by atoms with van der Waals surface area (Å²) in [6, 6.07) is 2.97. The summed E-state index contributed by atoms with van der Waals surface area (Å²) in [6.45, 7) is 0. The van der Waals surface area contributed by atoms with Crippen LogP contribution in [-0.2, 0) is 0 Å². The molecule has 1 rings (SSSR count). The van der Waals surface area contributed by atoms with E-state index in [-0.39, 0.29) is 41.8 Å². The largest absolute Gasteiger partial charge is 0.478 e. The molecule has 0 fully saturated rings. The van der Waals surface area contributed by atoms with Crippen LogP contribution in [0.5, 0.6) is 0 Å². The van der Waals surface area contributed by atoms with E-state index >= 15 is 0 Å². The van der Waals surface area contributed by atoms with Gasteiger partial charge in [0.2, 0.25) is 0 Å². The van der Waals surface area contributed by atoms with E-state index in [9.17, 15) is 4.79 Å². The highest BCUT2D eigenvalue weighted by Gasteiger charge is 2.10. The Morgan fingerprint density at radius 3 is 2.21 bits per heavy atom. The fourth-order valence-corrected chi connectivity index (χ4v) is 1.29. The average molecular weight is 304 g/mol. The fourth-order valence-electron chi connectivity index (χ4n) is 0.816. The third kappa shape index (κ3) is 3.25. The predicted octanol–water partition coefficient (Wildman–Crippen LogP) is 2.16. The van der Waals surface area contributed by atoms with Crippen molar-refractivity contribution in [1.29, 1.82) is 0 Å². The van der Waals surface area contributed by atoms with Crippen LogP contribution in [0.3, 0.4) is 0 Å². The van der Waals surface area contributed by atoms with Gasteiger partial charge in [-0.15, -0.1) is 24.8 Å². The minimum Gasteiger partial charge on any atom is -0.478 e. The Labute approximate surface area is 102 Å². The van der Waals surface area contributed by atoms with Crippen molar-refractivity contribution < 1.29 is 9.90 Å². The highest BCUT2D eigenvalue weighted by Crippen LogP contribution is 2.25. The van der Waals surface area contributed by atoms with Crippen LogP contribution in [0, 0.1) is 0 Å². The highest BCUT2D eigenvalue weighted by atomic mass is 79.9. The molecule has 0 atom stereocenters. The highest BCUT2D eigenvalue weighted by molar-refractivity contribution is 9.10. The molecule has 7 heteroatoms. The number of halogens is 3. The smallest absolute Gasteiger partial charge is 0.337 e. The third-order valence-electron chi connectivity index (χ3n) is 1.41. The van der Waals surface area contributed by atoms with Crippen LogP contribution in [0.25, 0.3) is 0 Å². The van der Waals surface area contributed by atoms with Gasteiger partial charge in [0.1, 0.15) is 0 Å².